The molecule has 6 nitrogen and oxygen atoms in total. The van der Waals surface area contributed by atoms with Crippen LogP contribution in [-0.4, -0.2) is 25.8 Å². The molecule has 1 N–H and O–H groups in total. The molecule has 0 atom stereocenters. The highest BCUT2D eigenvalue weighted by Crippen LogP contribution is 1.99. The van der Waals surface area contributed by atoms with Gasteiger partial charge in [0.15, 0.2) is 9.84 Å². The Morgan fingerprint density at radius 2 is 2.29 bits per heavy atom. The standard InChI is InChI=1S/C10H12N2O4S/c11-4-2-6-17(14,15)8-10(13)12-7-9-3-1-5-16-9/h1,3,5H,2,6-8H2,(H,12,13). The van der Waals surface area contributed by atoms with E-state index in [-0.39, 0.29) is 18.7 Å². The Balaban J connectivity index is 2.37. The van der Waals surface area contributed by atoms with Crippen LogP contribution in [0.15, 0.2) is 22.8 Å². The number of carbonyl (C=O) groups excluding carboxylic acids is 1. The van der Waals surface area contributed by atoms with Gasteiger partial charge in [-0.2, -0.15) is 5.26 Å². The van der Waals surface area contributed by atoms with Crippen molar-refractivity contribution in [3.63, 3.8) is 0 Å². The molecule has 92 valence electrons. The summed E-state index contributed by atoms with van der Waals surface area (Å²) >= 11 is 0. The number of nitrogens with one attached hydrogen (secondary N) is 1. The molecule has 17 heavy (non-hydrogen) atoms. The first kappa shape index (κ1) is 13.3. The molecule has 0 aliphatic heterocycles. The molecular weight excluding hydrogens is 244 g/mol. The van der Waals surface area contributed by atoms with Gasteiger partial charge in [-0.25, -0.2) is 8.42 Å². The van der Waals surface area contributed by atoms with Crippen LogP contribution in [0.1, 0.15) is 12.2 Å². The van der Waals surface area contributed by atoms with Gasteiger partial charge in [-0.3, -0.25) is 4.79 Å². The van der Waals surface area contributed by atoms with Crippen LogP contribution >= 0.6 is 0 Å². The molecule has 0 spiro atoms. The normalized spacial score (nSPS) is 10.8. The molecule has 0 aliphatic carbocycles. The zero-order valence-corrected chi connectivity index (χ0v) is 9.87. The second kappa shape index (κ2) is 6.06. The first-order chi connectivity index (χ1) is 8.03. The summed E-state index contributed by atoms with van der Waals surface area (Å²) in [5, 5.41) is 10.7. The van der Waals surface area contributed by atoms with Crippen LogP contribution in [-0.2, 0) is 21.2 Å². The molecule has 0 fully saturated rings. The molecule has 1 heterocycles. The SMILES string of the molecule is N#CCCS(=O)(=O)CC(=O)NCc1ccco1. The highest BCUT2D eigenvalue weighted by atomic mass is 32.2. The van der Waals surface area contributed by atoms with Gasteiger partial charge in [-0.1, -0.05) is 0 Å². The molecule has 1 rings (SSSR count). The first-order valence-corrected chi connectivity index (χ1v) is 6.72. The second-order valence-electron chi connectivity index (χ2n) is 3.36. The predicted molar refractivity (Wildman–Crippen MR) is 59.4 cm³/mol. The highest BCUT2D eigenvalue weighted by Gasteiger charge is 2.16. The Labute approximate surface area is 99.1 Å². The Hall–Kier alpha value is -1.81. The van der Waals surface area contributed by atoms with Crippen molar-refractivity contribution in [2.75, 3.05) is 11.5 Å². The lowest BCUT2D eigenvalue weighted by Crippen LogP contribution is -2.30. The van der Waals surface area contributed by atoms with Crippen LogP contribution in [0.2, 0.25) is 0 Å². The molecule has 1 amide bonds. The minimum atomic E-state index is -3.50. The summed E-state index contributed by atoms with van der Waals surface area (Å²) in [5.41, 5.74) is 0. The van der Waals surface area contributed by atoms with Crippen molar-refractivity contribution in [2.24, 2.45) is 0 Å². The largest absolute Gasteiger partial charge is 0.467 e. The van der Waals surface area contributed by atoms with E-state index in [1.807, 2.05) is 0 Å². The van der Waals surface area contributed by atoms with Crippen molar-refractivity contribution in [2.45, 2.75) is 13.0 Å². The van der Waals surface area contributed by atoms with Crippen molar-refractivity contribution in [3.8, 4) is 6.07 Å². The Bertz CT molecular complexity index is 499. The lowest BCUT2D eigenvalue weighted by molar-refractivity contribution is -0.118. The van der Waals surface area contributed by atoms with Crippen molar-refractivity contribution in [1.29, 1.82) is 5.26 Å². The van der Waals surface area contributed by atoms with Gasteiger partial charge in [0.25, 0.3) is 0 Å². The fourth-order valence-corrected chi connectivity index (χ4v) is 2.17. The summed E-state index contributed by atoms with van der Waals surface area (Å²) in [7, 11) is -3.50. The number of amides is 1. The zero-order valence-electron chi connectivity index (χ0n) is 9.05. The third kappa shape index (κ3) is 5.17. The van der Waals surface area contributed by atoms with Crippen LogP contribution in [0, 0.1) is 11.3 Å². The fourth-order valence-electron chi connectivity index (χ4n) is 1.12. The van der Waals surface area contributed by atoms with Crippen molar-refractivity contribution < 1.29 is 17.6 Å². The van der Waals surface area contributed by atoms with Gasteiger partial charge in [0.2, 0.25) is 5.91 Å². The fraction of sp³-hybridized carbons (Fsp3) is 0.400. The summed E-state index contributed by atoms with van der Waals surface area (Å²) in [5.74, 6) is -0.945. The van der Waals surface area contributed by atoms with Gasteiger partial charge in [-0.15, -0.1) is 0 Å². The number of nitriles is 1. The molecule has 0 aliphatic rings. The van der Waals surface area contributed by atoms with E-state index < -0.39 is 21.5 Å². The summed E-state index contributed by atoms with van der Waals surface area (Å²) in [6, 6.07) is 5.07. The number of furan rings is 1. The maximum absolute atomic E-state index is 11.3. The van der Waals surface area contributed by atoms with Crippen LogP contribution in [0.3, 0.4) is 0 Å². The van der Waals surface area contributed by atoms with E-state index >= 15 is 0 Å². The third-order valence-corrected chi connectivity index (χ3v) is 3.44. The van der Waals surface area contributed by atoms with E-state index in [1.165, 1.54) is 6.26 Å². The van der Waals surface area contributed by atoms with E-state index in [9.17, 15) is 13.2 Å². The van der Waals surface area contributed by atoms with E-state index in [4.69, 9.17) is 9.68 Å². The van der Waals surface area contributed by atoms with Crippen molar-refractivity contribution >= 4 is 15.7 Å². The number of sulfone groups is 1. The Morgan fingerprint density at radius 3 is 2.88 bits per heavy atom. The van der Waals surface area contributed by atoms with E-state index in [2.05, 4.69) is 5.32 Å². The average molecular weight is 256 g/mol. The van der Waals surface area contributed by atoms with Gasteiger partial charge >= 0.3 is 0 Å². The Kier molecular flexibility index (Phi) is 4.72. The third-order valence-electron chi connectivity index (χ3n) is 1.92. The quantitative estimate of drug-likeness (QED) is 0.785. The summed E-state index contributed by atoms with van der Waals surface area (Å²) in [6.45, 7) is 0.152. The van der Waals surface area contributed by atoms with Gasteiger partial charge in [0.1, 0.15) is 11.5 Å². The maximum Gasteiger partial charge on any atom is 0.235 e. The molecule has 0 unspecified atom stereocenters. The molecular formula is C10H12N2O4S. The smallest absolute Gasteiger partial charge is 0.235 e. The first-order valence-electron chi connectivity index (χ1n) is 4.90. The van der Waals surface area contributed by atoms with Gasteiger partial charge in [0, 0.05) is 6.42 Å². The molecule has 0 bridgehead atoms. The molecule has 7 heteroatoms. The Morgan fingerprint density at radius 1 is 1.53 bits per heavy atom. The molecule has 0 saturated heterocycles. The number of hydrogen-bond acceptors (Lipinski definition) is 5. The number of carbonyl (C=O) groups is 1. The lowest BCUT2D eigenvalue weighted by Gasteiger charge is -2.03. The minimum absolute atomic E-state index is 0.103. The molecule has 1 aromatic rings. The number of hydrogen-bond donors (Lipinski definition) is 1. The number of nitrogens with zero attached hydrogens (tertiary/aromatic N) is 1. The van der Waals surface area contributed by atoms with Gasteiger partial charge in [0.05, 0.1) is 24.6 Å². The number of rotatable bonds is 6. The van der Waals surface area contributed by atoms with E-state index in [1.54, 1.807) is 18.2 Å². The average Bonchev–Trinajstić information content (AvgIpc) is 2.76. The van der Waals surface area contributed by atoms with Crippen LogP contribution < -0.4 is 5.32 Å². The molecule has 0 aromatic carbocycles. The van der Waals surface area contributed by atoms with Crippen LogP contribution in [0.4, 0.5) is 0 Å². The molecule has 1 aromatic heterocycles. The van der Waals surface area contributed by atoms with Crippen molar-refractivity contribution in [3.05, 3.63) is 24.2 Å². The predicted octanol–water partition coefficient (Wildman–Crippen LogP) is 0.224. The van der Waals surface area contributed by atoms with Crippen molar-refractivity contribution in [1.82, 2.24) is 5.32 Å². The summed E-state index contributed by atoms with van der Waals surface area (Å²) in [6.07, 6.45) is 1.36. The summed E-state index contributed by atoms with van der Waals surface area (Å²) in [4.78, 5) is 11.3. The topological polar surface area (TPSA) is 100 Å². The maximum atomic E-state index is 11.3. The van der Waals surface area contributed by atoms with E-state index in [0.717, 1.165) is 0 Å². The zero-order chi connectivity index (χ0) is 12.7. The monoisotopic (exact) mass is 256 g/mol. The van der Waals surface area contributed by atoms with Crippen LogP contribution in [0.25, 0.3) is 0 Å². The lowest BCUT2D eigenvalue weighted by atomic mass is 10.4. The van der Waals surface area contributed by atoms with Gasteiger partial charge in [-0.05, 0) is 12.1 Å². The molecule has 0 saturated carbocycles. The second-order valence-corrected chi connectivity index (χ2v) is 5.54. The molecule has 0 radical (unpaired) electrons. The van der Waals surface area contributed by atoms with Gasteiger partial charge < -0.3 is 9.73 Å². The minimum Gasteiger partial charge on any atom is -0.467 e. The highest BCUT2D eigenvalue weighted by molar-refractivity contribution is 7.92. The summed E-state index contributed by atoms with van der Waals surface area (Å²) < 4.78 is 27.6. The van der Waals surface area contributed by atoms with Crippen LogP contribution in [0.5, 0.6) is 0 Å². The van der Waals surface area contributed by atoms with E-state index in [0.29, 0.717) is 5.76 Å².